The number of hydrogen-bond acceptors (Lipinski definition) is 2. The minimum atomic E-state index is -0.924. The maximum atomic E-state index is 13.1. The van der Waals surface area contributed by atoms with Crippen molar-refractivity contribution < 1.29 is 13.6 Å². The Bertz CT molecular complexity index is 650. The van der Waals surface area contributed by atoms with Gasteiger partial charge < -0.3 is 0 Å². The number of Topliss-reactive ketones (excluding diaryl/α,β-unsaturated/α-hetero) is 1. The highest BCUT2D eigenvalue weighted by atomic mass is 19.2. The second-order valence-corrected chi connectivity index (χ2v) is 4.94. The van der Waals surface area contributed by atoms with E-state index in [9.17, 15) is 13.6 Å². The largest absolute Gasteiger partial charge is 0.299 e. The number of carbonyl (C=O) groups excluding carboxylic acids is 1. The SMILES string of the molecule is CCc1cc(CC(=O)Cc2ccc(F)c(F)c2)n(CC)n1. The summed E-state index contributed by atoms with van der Waals surface area (Å²) < 4.78 is 27.8. The number of ketones is 1. The van der Waals surface area contributed by atoms with Crippen molar-refractivity contribution in [2.75, 3.05) is 0 Å². The van der Waals surface area contributed by atoms with Gasteiger partial charge in [0.25, 0.3) is 0 Å². The lowest BCUT2D eigenvalue weighted by Crippen LogP contribution is -2.11. The van der Waals surface area contributed by atoms with E-state index >= 15 is 0 Å². The Kier molecular flexibility index (Phi) is 4.83. The van der Waals surface area contributed by atoms with Gasteiger partial charge in [-0.25, -0.2) is 8.78 Å². The summed E-state index contributed by atoms with van der Waals surface area (Å²) in [4.78, 5) is 12.1. The highest BCUT2D eigenvalue weighted by molar-refractivity contribution is 5.82. The fourth-order valence-electron chi connectivity index (χ4n) is 2.25. The van der Waals surface area contributed by atoms with Crippen molar-refractivity contribution in [3.8, 4) is 0 Å². The molecule has 2 aromatic rings. The van der Waals surface area contributed by atoms with Crippen LogP contribution >= 0.6 is 0 Å². The molecule has 0 bridgehead atoms. The average molecular weight is 292 g/mol. The molecule has 0 radical (unpaired) electrons. The first-order chi connectivity index (χ1) is 10.0. The number of aryl methyl sites for hydroxylation is 2. The summed E-state index contributed by atoms with van der Waals surface area (Å²) in [6.07, 6.45) is 1.16. The molecule has 21 heavy (non-hydrogen) atoms. The van der Waals surface area contributed by atoms with Gasteiger partial charge in [0.05, 0.1) is 5.69 Å². The molecule has 0 spiro atoms. The molecule has 0 N–H and O–H groups in total. The van der Waals surface area contributed by atoms with E-state index in [1.54, 1.807) is 0 Å². The molecule has 1 aromatic carbocycles. The molecular weight excluding hydrogens is 274 g/mol. The number of benzene rings is 1. The third kappa shape index (κ3) is 3.74. The van der Waals surface area contributed by atoms with Crippen LogP contribution in [0, 0.1) is 11.6 Å². The number of halogens is 2. The predicted octanol–water partition coefficient (Wildman–Crippen LogP) is 3.10. The lowest BCUT2D eigenvalue weighted by atomic mass is 10.1. The Morgan fingerprint density at radius 2 is 1.90 bits per heavy atom. The van der Waals surface area contributed by atoms with Gasteiger partial charge >= 0.3 is 0 Å². The van der Waals surface area contributed by atoms with Crippen LogP contribution in [0.3, 0.4) is 0 Å². The molecule has 0 aliphatic carbocycles. The highest BCUT2D eigenvalue weighted by Gasteiger charge is 2.12. The van der Waals surface area contributed by atoms with E-state index in [-0.39, 0.29) is 18.6 Å². The normalized spacial score (nSPS) is 10.9. The fraction of sp³-hybridized carbons (Fsp3) is 0.375. The van der Waals surface area contributed by atoms with Gasteiger partial charge in [0, 0.05) is 25.1 Å². The van der Waals surface area contributed by atoms with Crippen molar-refractivity contribution in [1.82, 2.24) is 9.78 Å². The first kappa shape index (κ1) is 15.4. The van der Waals surface area contributed by atoms with E-state index in [0.717, 1.165) is 29.9 Å². The van der Waals surface area contributed by atoms with E-state index in [1.807, 2.05) is 24.6 Å². The second-order valence-electron chi connectivity index (χ2n) is 4.94. The van der Waals surface area contributed by atoms with Crippen LogP contribution in [0.4, 0.5) is 8.78 Å². The van der Waals surface area contributed by atoms with Crippen LogP contribution < -0.4 is 0 Å². The summed E-state index contributed by atoms with van der Waals surface area (Å²) in [5.74, 6) is -1.87. The summed E-state index contributed by atoms with van der Waals surface area (Å²) in [5.41, 5.74) is 2.30. The lowest BCUT2D eigenvalue weighted by Gasteiger charge is -2.05. The van der Waals surface area contributed by atoms with Crippen LogP contribution in [0.15, 0.2) is 24.3 Å². The zero-order chi connectivity index (χ0) is 15.4. The molecule has 5 heteroatoms. The summed E-state index contributed by atoms with van der Waals surface area (Å²) in [6.45, 7) is 4.68. The Morgan fingerprint density at radius 3 is 2.52 bits per heavy atom. The molecular formula is C16H18F2N2O. The molecule has 3 nitrogen and oxygen atoms in total. The van der Waals surface area contributed by atoms with Gasteiger partial charge in [-0.1, -0.05) is 13.0 Å². The molecule has 112 valence electrons. The maximum absolute atomic E-state index is 13.1. The van der Waals surface area contributed by atoms with E-state index in [1.165, 1.54) is 6.07 Å². The Balaban J connectivity index is 2.07. The maximum Gasteiger partial charge on any atom is 0.159 e. The summed E-state index contributed by atoms with van der Waals surface area (Å²) in [6, 6.07) is 5.48. The smallest absolute Gasteiger partial charge is 0.159 e. The topological polar surface area (TPSA) is 34.9 Å². The molecule has 0 saturated heterocycles. The van der Waals surface area contributed by atoms with Crippen molar-refractivity contribution in [2.24, 2.45) is 0 Å². The van der Waals surface area contributed by atoms with Crippen LogP contribution in [-0.4, -0.2) is 15.6 Å². The lowest BCUT2D eigenvalue weighted by molar-refractivity contribution is -0.117. The number of carbonyl (C=O) groups is 1. The second kappa shape index (κ2) is 6.61. The van der Waals surface area contributed by atoms with E-state index in [4.69, 9.17) is 0 Å². The predicted molar refractivity (Wildman–Crippen MR) is 76.1 cm³/mol. The molecule has 0 aliphatic heterocycles. The molecule has 0 aliphatic rings. The Labute approximate surface area is 122 Å². The quantitative estimate of drug-likeness (QED) is 0.820. The number of rotatable bonds is 6. The van der Waals surface area contributed by atoms with Crippen molar-refractivity contribution in [3.63, 3.8) is 0 Å². The molecule has 0 unspecified atom stereocenters. The van der Waals surface area contributed by atoms with Gasteiger partial charge in [0.1, 0.15) is 5.78 Å². The van der Waals surface area contributed by atoms with Crippen molar-refractivity contribution in [2.45, 2.75) is 39.7 Å². The Morgan fingerprint density at radius 1 is 1.14 bits per heavy atom. The van der Waals surface area contributed by atoms with Crippen LogP contribution in [0.2, 0.25) is 0 Å². The minimum absolute atomic E-state index is 0.0433. The third-order valence-corrected chi connectivity index (χ3v) is 3.34. The first-order valence-electron chi connectivity index (χ1n) is 7.04. The van der Waals surface area contributed by atoms with Crippen LogP contribution in [0.1, 0.15) is 30.8 Å². The fourth-order valence-corrected chi connectivity index (χ4v) is 2.25. The van der Waals surface area contributed by atoms with Crippen LogP contribution in [0.5, 0.6) is 0 Å². The van der Waals surface area contributed by atoms with Crippen LogP contribution in [0.25, 0.3) is 0 Å². The van der Waals surface area contributed by atoms with E-state index in [2.05, 4.69) is 5.10 Å². The molecule has 1 heterocycles. The molecule has 1 aromatic heterocycles. The van der Waals surface area contributed by atoms with Crippen molar-refractivity contribution in [1.29, 1.82) is 0 Å². The molecule has 0 saturated carbocycles. The third-order valence-electron chi connectivity index (χ3n) is 3.34. The zero-order valence-corrected chi connectivity index (χ0v) is 12.2. The molecule has 0 fully saturated rings. The van der Waals surface area contributed by atoms with Crippen LogP contribution in [-0.2, 0) is 30.6 Å². The first-order valence-corrected chi connectivity index (χ1v) is 7.04. The van der Waals surface area contributed by atoms with Crippen molar-refractivity contribution in [3.05, 3.63) is 52.9 Å². The van der Waals surface area contributed by atoms with Gasteiger partial charge in [-0.3, -0.25) is 9.48 Å². The number of aromatic nitrogens is 2. The average Bonchev–Trinajstić information content (AvgIpc) is 2.85. The standard InChI is InChI=1S/C16H18F2N2O/c1-3-12-9-13(20(4-2)19-12)10-14(21)7-11-5-6-15(17)16(18)8-11/h5-6,8-9H,3-4,7,10H2,1-2H3. The van der Waals surface area contributed by atoms with Gasteiger partial charge in [-0.2, -0.15) is 5.10 Å². The highest BCUT2D eigenvalue weighted by Crippen LogP contribution is 2.12. The number of nitrogens with zero attached hydrogens (tertiary/aromatic N) is 2. The Hall–Kier alpha value is -2.04. The molecule has 2 rings (SSSR count). The summed E-state index contributed by atoms with van der Waals surface area (Å²) >= 11 is 0. The van der Waals surface area contributed by atoms with Gasteiger partial charge in [-0.15, -0.1) is 0 Å². The monoisotopic (exact) mass is 292 g/mol. The molecule has 0 atom stereocenters. The van der Waals surface area contributed by atoms with E-state index in [0.29, 0.717) is 12.1 Å². The number of hydrogen-bond donors (Lipinski definition) is 0. The zero-order valence-electron chi connectivity index (χ0n) is 12.2. The minimum Gasteiger partial charge on any atom is -0.299 e. The van der Waals surface area contributed by atoms with Gasteiger partial charge in [0.15, 0.2) is 11.6 Å². The summed E-state index contributed by atoms with van der Waals surface area (Å²) in [7, 11) is 0. The van der Waals surface area contributed by atoms with Gasteiger partial charge in [-0.05, 0) is 37.1 Å². The van der Waals surface area contributed by atoms with Gasteiger partial charge in [0.2, 0.25) is 0 Å². The van der Waals surface area contributed by atoms with E-state index < -0.39 is 11.6 Å². The molecule has 0 amide bonds. The van der Waals surface area contributed by atoms with Crippen molar-refractivity contribution >= 4 is 5.78 Å². The summed E-state index contributed by atoms with van der Waals surface area (Å²) in [5, 5.41) is 4.39.